The Morgan fingerprint density at radius 3 is 3.00 bits per heavy atom. The van der Waals surface area contributed by atoms with E-state index in [0.717, 1.165) is 26.8 Å². The molecule has 1 aromatic carbocycles. The van der Waals surface area contributed by atoms with Crippen LogP contribution in [0.4, 0.5) is 0 Å². The Bertz CT molecular complexity index is 794. The lowest BCUT2D eigenvalue weighted by molar-refractivity contribution is 0.102. The van der Waals surface area contributed by atoms with E-state index in [0.29, 0.717) is 12.4 Å². The van der Waals surface area contributed by atoms with E-state index in [4.69, 9.17) is 4.74 Å². The van der Waals surface area contributed by atoms with Crippen LogP contribution in [0.5, 0.6) is 5.75 Å². The standard InChI is InChI=1S/C16H16N2O2S2/c1-3-20-11-6-7-13-12(9-11)17-16(18(13)2)22-10-14(19)15-5-4-8-21-15/h4-9H,3,10H2,1-2H3. The Kier molecular flexibility index (Phi) is 4.49. The number of thioether (sulfide) groups is 1. The number of hydrogen-bond donors (Lipinski definition) is 0. The summed E-state index contributed by atoms with van der Waals surface area (Å²) in [5.41, 5.74) is 1.93. The largest absolute Gasteiger partial charge is 0.494 e. The fourth-order valence-electron chi connectivity index (χ4n) is 2.18. The second-order valence-electron chi connectivity index (χ2n) is 4.73. The van der Waals surface area contributed by atoms with Gasteiger partial charge in [0, 0.05) is 13.1 Å². The van der Waals surface area contributed by atoms with Crippen molar-refractivity contribution in [3.8, 4) is 5.75 Å². The lowest BCUT2D eigenvalue weighted by atomic mass is 10.3. The third-order valence-electron chi connectivity index (χ3n) is 3.25. The predicted octanol–water partition coefficient (Wildman–Crippen LogP) is 4.01. The van der Waals surface area contributed by atoms with Crippen molar-refractivity contribution < 1.29 is 9.53 Å². The Balaban J connectivity index is 1.79. The van der Waals surface area contributed by atoms with Gasteiger partial charge in [-0.2, -0.15) is 0 Å². The molecule has 0 spiro atoms. The second-order valence-corrected chi connectivity index (χ2v) is 6.62. The summed E-state index contributed by atoms with van der Waals surface area (Å²) in [6, 6.07) is 9.63. The van der Waals surface area contributed by atoms with Crippen molar-refractivity contribution in [2.75, 3.05) is 12.4 Å². The quantitative estimate of drug-likeness (QED) is 0.505. The average molecular weight is 332 g/mol. The van der Waals surface area contributed by atoms with Crippen LogP contribution in [-0.2, 0) is 7.05 Å². The van der Waals surface area contributed by atoms with Gasteiger partial charge >= 0.3 is 0 Å². The highest BCUT2D eigenvalue weighted by atomic mass is 32.2. The third-order valence-corrected chi connectivity index (χ3v) is 5.19. The maximum absolute atomic E-state index is 12.1. The molecular weight excluding hydrogens is 316 g/mol. The number of carbonyl (C=O) groups excluding carboxylic acids is 1. The first-order valence-corrected chi connectivity index (χ1v) is 8.84. The van der Waals surface area contributed by atoms with Crippen LogP contribution in [-0.4, -0.2) is 27.7 Å². The van der Waals surface area contributed by atoms with E-state index in [-0.39, 0.29) is 5.78 Å². The highest BCUT2D eigenvalue weighted by Crippen LogP contribution is 2.26. The Labute approximate surface area is 137 Å². The molecule has 114 valence electrons. The summed E-state index contributed by atoms with van der Waals surface area (Å²) in [5, 5.41) is 2.76. The van der Waals surface area contributed by atoms with Crippen LogP contribution in [0.25, 0.3) is 11.0 Å². The van der Waals surface area contributed by atoms with Crippen molar-refractivity contribution in [1.29, 1.82) is 0 Å². The zero-order valence-electron chi connectivity index (χ0n) is 12.4. The minimum atomic E-state index is 0.141. The topological polar surface area (TPSA) is 44.1 Å². The molecule has 0 fully saturated rings. The van der Waals surface area contributed by atoms with Crippen molar-refractivity contribution in [3.63, 3.8) is 0 Å². The first-order valence-electron chi connectivity index (χ1n) is 6.98. The van der Waals surface area contributed by atoms with Crippen molar-refractivity contribution in [2.45, 2.75) is 12.1 Å². The zero-order valence-corrected chi connectivity index (χ0v) is 14.0. The molecule has 0 saturated heterocycles. The van der Waals surface area contributed by atoms with Crippen LogP contribution in [0, 0.1) is 0 Å². The molecule has 3 aromatic rings. The van der Waals surface area contributed by atoms with E-state index in [2.05, 4.69) is 4.98 Å². The van der Waals surface area contributed by atoms with Gasteiger partial charge in [-0.3, -0.25) is 4.79 Å². The SMILES string of the molecule is CCOc1ccc2c(c1)nc(SCC(=O)c1cccs1)n2C. The number of carbonyl (C=O) groups is 1. The number of benzene rings is 1. The second kappa shape index (κ2) is 6.54. The Hall–Kier alpha value is -1.79. The van der Waals surface area contributed by atoms with E-state index in [1.54, 1.807) is 0 Å². The number of Topliss-reactive ketones (excluding diaryl/α,β-unsaturated/α-hetero) is 1. The van der Waals surface area contributed by atoms with Crippen LogP contribution in [0.2, 0.25) is 0 Å². The van der Waals surface area contributed by atoms with Gasteiger partial charge in [0.1, 0.15) is 5.75 Å². The predicted molar refractivity (Wildman–Crippen MR) is 91.3 cm³/mol. The molecule has 2 aromatic heterocycles. The van der Waals surface area contributed by atoms with Crippen LogP contribution in [0.15, 0.2) is 40.9 Å². The van der Waals surface area contributed by atoms with Crippen LogP contribution >= 0.6 is 23.1 Å². The smallest absolute Gasteiger partial charge is 0.183 e. The molecule has 0 atom stereocenters. The molecule has 0 aliphatic heterocycles. The van der Waals surface area contributed by atoms with Gasteiger partial charge in [0.15, 0.2) is 10.9 Å². The van der Waals surface area contributed by atoms with Crippen molar-refractivity contribution in [1.82, 2.24) is 9.55 Å². The molecule has 22 heavy (non-hydrogen) atoms. The molecule has 2 heterocycles. The summed E-state index contributed by atoms with van der Waals surface area (Å²) in [4.78, 5) is 17.5. The summed E-state index contributed by atoms with van der Waals surface area (Å²) in [6.45, 7) is 2.59. The highest BCUT2D eigenvalue weighted by Gasteiger charge is 2.13. The fraction of sp³-hybridized carbons (Fsp3) is 0.250. The molecule has 0 bridgehead atoms. The van der Waals surface area contributed by atoms with Gasteiger partial charge in [-0.05, 0) is 30.5 Å². The van der Waals surface area contributed by atoms with Crippen molar-refractivity contribution >= 4 is 39.9 Å². The number of imidazole rings is 1. The van der Waals surface area contributed by atoms with Gasteiger partial charge in [0.2, 0.25) is 0 Å². The number of aryl methyl sites for hydroxylation is 1. The summed E-state index contributed by atoms with van der Waals surface area (Å²) in [7, 11) is 1.97. The zero-order chi connectivity index (χ0) is 15.5. The van der Waals surface area contributed by atoms with Crippen LogP contribution in [0.1, 0.15) is 16.6 Å². The van der Waals surface area contributed by atoms with Gasteiger partial charge in [-0.1, -0.05) is 17.8 Å². The van der Waals surface area contributed by atoms with E-state index < -0.39 is 0 Å². The molecule has 0 radical (unpaired) electrons. The van der Waals surface area contributed by atoms with E-state index in [9.17, 15) is 4.79 Å². The molecule has 0 N–H and O–H groups in total. The van der Waals surface area contributed by atoms with Gasteiger partial charge in [0.05, 0.1) is 28.3 Å². The minimum Gasteiger partial charge on any atom is -0.494 e. The third kappa shape index (κ3) is 3.03. The summed E-state index contributed by atoms with van der Waals surface area (Å²) in [6.07, 6.45) is 0. The summed E-state index contributed by atoms with van der Waals surface area (Å²) >= 11 is 2.94. The fourth-order valence-corrected chi connectivity index (χ4v) is 3.81. The molecule has 0 aliphatic carbocycles. The van der Waals surface area contributed by atoms with Gasteiger partial charge < -0.3 is 9.30 Å². The van der Waals surface area contributed by atoms with Crippen LogP contribution < -0.4 is 4.74 Å². The molecule has 6 heteroatoms. The van der Waals surface area contributed by atoms with Gasteiger partial charge in [-0.25, -0.2) is 4.98 Å². The molecule has 4 nitrogen and oxygen atoms in total. The summed E-state index contributed by atoms with van der Waals surface area (Å²) in [5.74, 6) is 1.36. The monoisotopic (exact) mass is 332 g/mol. The van der Waals surface area contributed by atoms with Crippen LogP contribution in [0.3, 0.4) is 0 Å². The number of ketones is 1. The number of fused-ring (bicyclic) bond motifs is 1. The molecule has 0 aliphatic rings. The molecule has 0 amide bonds. The molecule has 0 saturated carbocycles. The highest BCUT2D eigenvalue weighted by molar-refractivity contribution is 7.99. The minimum absolute atomic E-state index is 0.141. The number of thiophene rings is 1. The lowest BCUT2D eigenvalue weighted by Gasteiger charge is -2.02. The number of nitrogens with zero attached hydrogens (tertiary/aromatic N) is 2. The Morgan fingerprint density at radius 2 is 2.27 bits per heavy atom. The number of aromatic nitrogens is 2. The van der Waals surface area contributed by atoms with E-state index in [1.165, 1.54) is 23.1 Å². The number of ether oxygens (including phenoxy) is 1. The average Bonchev–Trinajstić information content (AvgIpc) is 3.14. The maximum atomic E-state index is 12.1. The molecule has 0 unspecified atom stereocenters. The van der Waals surface area contributed by atoms with E-state index >= 15 is 0 Å². The molecule has 3 rings (SSSR count). The normalized spacial score (nSPS) is 11.0. The number of hydrogen-bond acceptors (Lipinski definition) is 5. The van der Waals surface area contributed by atoms with Gasteiger partial charge in [0.25, 0.3) is 0 Å². The number of rotatable bonds is 6. The summed E-state index contributed by atoms with van der Waals surface area (Å²) < 4.78 is 7.51. The van der Waals surface area contributed by atoms with E-state index in [1.807, 2.05) is 54.3 Å². The lowest BCUT2D eigenvalue weighted by Crippen LogP contribution is -2.01. The van der Waals surface area contributed by atoms with Gasteiger partial charge in [-0.15, -0.1) is 11.3 Å². The Morgan fingerprint density at radius 1 is 1.41 bits per heavy atom. The molecular formula is C16H16N2O2S2. The van der Waals surface area contributed by atoms with Crippen molar-refractivity contribution in [2.24, 2.45) is 7.05 Å². The first kappa shape index (κ1) is 15.1. The van der Waals surface area contributed by atoms with Crippen molar-refractivity contribution in [3.05, 3.63) is 40.6 Å². The maximum Gasteiger partial charge on any atom is 0.183 e. The first-order chi connectivity index (χ1) is 10.7.